The first-order chi connectivity index (χ1) is 13.4. The Bertz CT molecular complexity index is 1110. The number of aromatic nitrogens is 1. The van der Waals surface area contributed by atoms with Crippen LogP contribution in [0.1, 0.15) is 41.0 Å². The van der Waals surface area contributed by atoms with Crippen molar-refractivity contribution in [2.24, 2.45) is 10.7 Å². The highest BCUT2D eigenvalue weighted by Gasteiger charge is 2.46. The van der Waals surface area contributed by atoms with E-state index in [9.17, 15) is 9.00 Å². The van der Waals surface area contributed by atoms with Crippen molar-refractivity contribution in [1.82, 2.24) is 10.3 Å². The summed E-state index contributed by atoms with van der Waals surface area (Å²) in [6, 6.07) is 5.01. The van der Waals surface area contributed by atoms with Crippen molar-refractivity contribution >= 4 is 61.7 Å². The molecule has 0 saturated carbocycles. The van der Waals surface area contributed by atoms with Gasteiger partial charge in [0.05, 0.1) is 36.8 Å². The number of thiophene rings is 1. The van der Waals surface area contributed by atoms with E-state index >= 15 is 0 Å². The molecule has 1 aliphatic heterocycles. The zero-order valence-electron chi connectivity index (χ0n) is 16.3. The predicted octanol–water partition coefficient (Wildman–Crippen LogP) is 3.46. The molecule has 2 aromatic heterocycles. The Morgan fingerprint density at radius 2 is 2.07 bits per heavy atom. The van der Waals surface area contributed by atoms with Crippen LogP contribution < -0.4 is 11.1 Å². The average Bonchev–Trinajstić information content (AvgIpc) is 3.02. The summed E-state index contributed by atoms with van der Waals surface area (Å²) in [5, 5.41) is 3.64. The molecular weight excluding hydrogens is 451 g/mol. The number of pyridine rings is 1. The molecule has 10 heteroatoms. The molecule has 0 spiro atoms. The van der Waals surface area contributed by atoms with Crippen LogP contribution in [0.15, 0.2) is 29.4 Å². The second kappa shape index (κ2) is 7.58. The van der Waals surface area contributed by atoms with Crippen LogP contribution in [0.3, 0.4) is 0 Å². The maximum Gasteiger partial charge on any atom is 0.261 e. The number of nitrogens with two attached hydrogens (primary N) is 1. The molecule has 0 bridgehead atoms. The summed E-state index contributed by atoms with van der Waals surface area (Å²) < 4.78 is 12.4. The molecule has 0 saturated heterocycles. The number of nitrogens with zero attached hydrogens (tertiary/aromatic N) is 2. The van der Waals surface area contributed by atoms with Crippen molar-refractivity contribution in [2.75, 3.05) is 5.75 Å². The van der Waals surface area contributed by atoms with E-state index in [1.54, 1.807) is 38.2 Å². The van der Waals surface area contributed by atoms with E-state index < -0.39 is 19.8 Å². The van der Waals surface area contributed by atoms with Gasteiger partial charge in [-0.1, -0.05) is 23.2 Å². The molecule has 1 aliphatic rings. The Labute approximate surface area is 184 Å². The van der Waals surface area contributed by atoms with Gasteiger partial charge in [-0.25, -0.2) is 0 Å². The van der Waals surface area contributed by atoms with E-state index in [1.165, 1.54) is 11.3 Å². The van der Waals surface area contributed by atoms with Crippen LogP contribution >= 0.6 is 34.5 Å². The number of hydrogen-bond acceptors (Lipinski definition) is 6. The highest BCUT2D eigenvalue weighted by atomic mass is 35.5. The van der Waals surface area contributed by atoms with E-state index in [0.717, 1.165) is 0 Å². The highest BCUT2D eigenvalue weighted by Crippen LogP contribution is 2.43. The maximum atomic E-state index is 13.2. The number of amides is 1. The molecule has 0 aliphatic carbocycles. The summed E-state index contributed by atoms with van der Waals surface area (Å²) in [6.45, 7) is 5.55. The molecule has 6 nitrogen and oxygen atoms in total. The number of amidine groups is 1. The molecule has 3 N–H and O–H groups in total. The van der Waals surface area contributed by atoms with Crippen molar-refractivity contribution in [1.29, 1.82) is 0 Å². The number of rotatable bonds is 4. The Morgan fingerprint density at radius 1 is 1.38 bits per heavy atom. The molecule has 0 fully saturated rings. The topological polar surface area (TPSA) is 97.4 Å². The van der Waals surface area contributed by atoms with Gasteiger partial charge in [-0.15, -0.1) is 11.3 Å². The molecule has 1 unspecified atom stereocenters. The monoisotopic (exact) mass is 472 g/mol. The largest absolute Gasteiger partial charge is 0.386 e. The van der Waals surface area contributed by atoms with Crippen molar-refractivity contribution in [2.45, 2.75) is 37.6 Å². The molecule has 3 rings (SSSR count). The van der Waals surface area contributed by atoms with Crippen LogP contribution in [-0.2, 0) is 21.6 Å². The van der Waals surface area contributed by atoms with Crippen LogP contribution in [0.5, 0.6) is 0 Å². The number of hydrogen-bond donors (Lipinski definition) is 2. The van der Waals surface area contributed by atoms with E-state index in [1.807, 2.05) is 6.92 Å². The number of halogens is 2. The van der Waals surface area contributed by atoms with E-state index in [2.05, 4.69) is 21.2 Å². The van der Waals surface area contributed by atoms with Gasteiger partial charge in [0.1, 0.15) is 11.4 Å². The number of carbonyl (C=O) groups excluding carboxylic acids is 1. The lowest BCUT2D eigenvalue weighted by Gasteiger charge is -2.40. The zero-order valence-corrected chi connectivity index (χ0v) is 19.4. The van der Waals surface area contributed by atoms with Crippen molar-refractivity contribution in [3.8, 4) is 0 Å². The number of aliphatic imine (C=N–C) groups is 1. The fraction of sp³-hybridized carbons (Fsp3) is 0.368. The van der Waals surface area contributed by atoms with Crippen LogP contribution in [0.2, 0.25) is 10.0 Å². The Balaban J connectivity index is 1.88. The molecule has 2 aromatic rings. The van der Waals surface area contributed by atoms with Gasteiger partial charge in [0, 0.05) is 11.9 Å². The minimum Gasteiger partial charge on any atom is -0.386 e. The average molecular weight is 473 g/mol. The van der Waals surface area contributed by atoms with Crippen molar-refractivity contribution in [3.05, 3.63) is 49.9 Å². The Morgan fingerprint density at radius 3 is 2.69 bits per heavy atom. The summed E-state index contributed by atoms with van der Waals surface area (Å²) in [4.78, 5) is 22.4. The van der Waals surface area contributed by atoms with E-state index in [4.69, 9.17) is 28.9 Å². The first-order valence-corrected chi connectivity index (χ1v) is 12.2. The first kappa shape index (κ1) is 22.1. The van der Waals surface area contributed by atoms with Gasteiger partial charge in [-0.3, -0.25) is 19.0 Å². The van der Waals surface area contributed by atoms with Crippen molar-refractivity contribution < 1.29 is 9.00 Å². The summed E-state index contributed by atoms with van der Waals surface area (Å²) in [5.41, 5.74) is 5.79. The van der Waals surface area contributed by atoms with Crippen LogP contribution in [0.25, 0.3) is 0 Å². The smallest absolute Gasteiger partial charge is 0.261 e. The third kappa shape index (κ3) is 4.03. The first-order valence-electron chi connectivity index (χ1n) is 8.75. The third-order valence-corrected chi connectivity index (χ3v) is 10.3. The van der Waals surface area contributed by atoms with Gasteiger partial charge >= 0.3 is 0 Å². The van der Waals surface area contributed by atoms with E-state index in [0.29, 0.717) is 25.5 Å². The minimum absolute atomic E-state index is 0.187. The second-order valence-electron chi connectivity index (χ2n) is 7.64. The number of nitrogens with one attached hydrogen (secondary N) is 1. The molecule has 1 amide bonds. The standard InChI is InChI=1S/C19H22Cl2N4O2S2/c1-18(2)17(22)25-19(3,10-29(18,4)27)15-12(21)8-14(28-15)16(26)24-9-13-11(20)6-5-7-23-13/h5-8H,4,9-10H2,1-3H3,(H2,22,25)(H,24,26)/t19-,29?/m0/s1. The SMILES string of the molecule is C=S1(=O)C[C@@](C)(c2sc(C(=O)NCc3ncccc3Cl)cc2Cl)N=C(N)C1(C)C. The Hall–Kier alpha value is -1.61. The fourth-order valence-electron chi connectivity index (χ4n) is 3.02. The molecule has 29 heavy (non-hydrogen) atoms. The molecule has 3 heterocycles. The minimum atomic E-state index is -2.58. The lowest BCUT2D eigenvalue weighted by Crippen LogP contribution is -2.54. The van der Waals surface area contributed by atoms with Gasteiger partial charge in [-0.2, -0.15) is 0 Å². The normalized spacial score (nSPS) is 26.0. The fourth-order valence-corrected chi connectivity index (χ4v) is 6.75. The van der Waals surface area contributed by atoms with Gasteiger partial charge in [0.15, 0.2) is 0 Å². The number of carbonyl (C=O) groups is 1. The molecular formula is C19H22Cl2N4O2S2. The van der Waals surface area contributed by atoms with Gasteiger partial charge in [0.2, 0.25) is 0 Å². The molecule has 0 aromatic carbocycles. The van der Waals surface area contributed by atoms with E-state index in [-0.39, 0.29) is 24.0 Å². The van der Waals surface area contributed by atoms with Gasteiger partial charge < -0.3 is 11.1 Å². The molecule has 2 atom stereocenters. The molecule has 0 radical (unpaired) electrons. The van der Waals surface area contributed by atoms with Gasteiger partial charge in [-0.05, 0) is 54.4 Å². The van der Waals surface area contributed by atoms with Crippen molar-refractivity contribution in [3.63, 3.8) is 0 Å². The second-order valence-corrected chi connectivity index (χ2v) is 12.4. The highest BCUT2D eigenvalue weighted by molar-refractivity contribution is 8.02. The predicted molar refractivity (Wildman–Crippen MR) is 123 cm³/mol. The zero-order chi connectivity index (χ0) is 21.6. The summed E-state index contributed by atoms with van der Waals surface area (Å²) in [5.74, 6) is 4.08. The lowest BCUT2D eigenvalue weighted by molar-refractivity contribution is 0.0954. The molecule has 156 valence electrons. The lowest BCUT2D eigenvalue weighted by atomic mass is 10.0. The maximum absolute atomic E-state index is 13.2. The summed E-state index contributed by atoms with van der Waals surface area (Å²) >= 11 is 13.7. The van der Waals surface area contributed by atoms with Crippen LogP contribution in [0.4, 0.5) is 0 Å². The Kier molecular flexibility index (Phi) is 5.77. The van der Waals surface area contributed by atoms with Crippen LogP contribution in [0, 0.1) is 0 Å². The third-order valence-electron chi connectivity index (χ3n) is 5.08. The summed E-state index contributed by atoms with van der Waals surface area (Å²) in [7, 11) is -2.58. The quantitative estimate of drug-likeness (QED) is 0.665. The summed E-state index contributed by atoms with van der Waals surface area (Å²) in [6.07, 6.45) is 1.61. The van der Waals surface area contributed by atoms with Gasteiger partial charge in [0.25, 0.3) is 5.91 Å². The van der Waals surface area contributed by atoms with Crippen LogP contribution in [-0.4, -0.2) is 37.3 Å².